The van der Waals surface area contributed by atoms with Crippen molar-refractivity contribution in [1.82, 2.24) is 4.90 Å². The summed E-state index contributed by atoms with van der Waals surface area (Å²) in [6.45, 7) is 10.3. The Hall–Kier alpha value is -1.02. The van der Waals surface area contributed by atoms with Crippen LogP contribution in [0.4, 0.5) is 0 Å². The standard InChI is InChI=1S/C17H29NO/c1-5-6-7-12-18(14(2)3)15(4)13-16-8-10-17(19)11-9-16/h8-11,14-15,19H,5-7,12-13H2,1-4H3. The number of unbranched alkanes of at least 4 members (excludes halogenated alkanes) is 2. The van der Waals surface area contributed by atoms with Crippen molar-refractivity contribution in [1.29, 1.82) is 0 Å². The van der Waals surface area contributed by atoms with Gasteiger partial charge in [0.1, 0.15) is 5.75 Å². The number of hydrogen-bond acceptors (Lipinski definition) is 2. The number of aromatic hydroxyl groups is 1. The van der Waals surface area contributed by atoms with Crippen molar-refractivity contribution in [2.75, 3.05) is 6.54 Å². The zero-order valence-corrected chi connectivity index (χ0v) is 12.9. The van der Waals surface area contributed by atoms with Crippen LogP contribution in [0.25, 0.3) is 0 Å². The van der Waals surface area contributed by atoms with Gasteiger partial charge >= 0.3 is 0 Å². The van der Waals surface area contributed by atoms with Crippen molar-refractivity contribution >= 4 is 0 Å². The quantitative estimate of drug-likeness (QED) is 0.710. The zero-order chi connectivity index (χ0) is 14.3. The lowest BCUT2D eigenvalue weighted by atomic mass is 10.0. The molecular formula is C17H29NO. The van der Waals surface area contributed by atoms with Crippen LogP contribution in [0.1, 0.15) is 52.5 Å². The third kappa shape index (κ3) is 5.65. The molecule has 2 heteroatoms. The number of nitrogens with zero attached hydrogens (tertiary/aromatic N) is 1. The number of phenols is 1. The second-order valence-electron chi connectivity index (χ2n) is 5.76. The van der Waals surface area contributed by atoms with E-state index in [0.717, 1.165) is 6.42 Å². The number of hydrogen-bond donors (Lipinski definition) is 1. The fourth-order valence-corrected chi connectivity index (χ4v) is 2.62. The first-order valence-corrected chi connectivity index (χ1v) is 7.58. The summed E-state index contributed by atoms with van der Waals surface area (Å²) in [6.07, 6.45) is 4.92. The van der Waals surface area contributed by atoms with E-state index in [1.165, 1.54) is 31.4 Å². The van der Waals surface area contributed by atoms with Gasteiger partial charge < -0.3 is 5.11 Å². The lowest BCUT2D eigenvalue weighted by Gasteiger charge is -2.33. The first-order chi connectivity index (χ1) is 9.04. The molecule has 1 N–H and O–H groups in total. The molecule has 0 saturated carbocycles. The summed E-state index contributed by atoms with van der Waals surface area (Å²) >= 11 is 0. The van der Waals surface area contributed by atoms with Gasteiger partial charge in [-0.3, -0.25) is 4.90 Å². The van der Waals surface area contributed by atoms with E-state index in [1.807, 2.05) is 12.1 Å². The molecule has 0 heterocycles. The Morgan fingerprint density at radius 1 is 1.05 bits per heavy atom. The first-order valence-electron chi connectivity index (χ1n) is 7.58. The molecule has 0 aliphatic carbocycles. The van der Waals surface area contributed by atoms with Crippen molar-refractivity contribution in [3.05, 3.63) is 29.8 Å². The molecule has 1 unspecified atom stereocenters. The molecule has 0 radical (unpaired) electrons. The molecule has 0 bridgehead atoms. The molecule has 0 amide bonds. The van der Waals surface area contributed by atoms with Crippen LogP contribution in [0.2, 0.25) is 0 Å². The Balaban J connectivity index is 2.55. The highest BCUT2D eigenvalue weighted by molar-refractivity contribution is 5.26. The Morgan fingerprint density at radius 2 is 1.68 bits per heavy atom. The summed E-state index contributed by atoms with van der Waals surface area (Å²) in [5.41, 5.74) is 1.30. The van der Waals surface area contributed by atoms with E-state index in [4.69, 9.17) is 0 Å². The highest BCUT2D eigenvalue weighted by Gasteiger charge is 2.16. The van der Waals surface area contributed by atoms with E-state index in [9.17, 15) is 5.11 Å². The lowest BCUT2D eigenvalue weighted by Crippen LogP contribution is -2.40. The van der Waals surface area contributed by atoms with Crippen LogP contribution in [-0.4, -0.2) is 28.6 Å². The van der Waals surface area contributed by atoms with Gasteiger partial charge in [-0.2, -0.15) is 0 Å². The van der Waals surface area contributed by atoms with Crippen LogP contribution in [0.3, 0.4) is 0 Å². The lowest BCUT2D eigenvalue weighted by molar-refractivity contribution is 0.159. The Morgan fingerprint density at radius 3 is 2.21 bits per heavy atom. The minimum absolute atomic E-state index is 0.347. The summed E-state index contributed by atoms with van der Waals surface area (Å²) in [6, 6.07) is 8.73. The summed E-state index contributed by atoms with van der Waals surface area (Å²) in [7, 11) is 0. The predicted octanol–water partition coefficient (Wildman–Crippen LogP) is 4.22. The highest BCUT2D eigenvalue weighted by atomic mass is 16.3. The fraction of sp³-hybridized carbons (Fsp3) is 0.647. The smallest absolute Gasteiger partial charge is 0.115 e. The molecule has 108 valence electrons. The van der Waals surface area contributed by atoms with Crippen LogP contribution in [0.5, 0.6) is 5.75 Å². The topological polar surface area (TPSA) is 23.5 Å². The Kier molecular flexibility index (Phi) is 6.93. The third-order valence-electron chi connectivity index (χ3n) is 3.72. The minimum Gasteiger partial charge on any atom is -0.508 e. The predicted molar refractivity (Wildman–Crippen MR) is 82.6 cm³/mol. The number of benzene rings is 1. The van der Waals surface area contributed by atoms with Crippen LogP contribution in [0, 0.1) is 0 Å². The van der Waals surface area contributed by atoms with E-state index >= 15 is 0 Å². The molecule has 0 saturated heterocycles. The average Bonchev–Trinajstić information content (AvgIpc) is 2.37. The normalized spacial score (nSPS) is 13.2. The molecule has 19 heavy (non-hydrogen) atoms. The van der Waals surface area contributed by atoms with Crippen molar-refractivity contribution in [2.24, 2.45) is 0 Å². The molecule has 0 aliphatic heterocycles. The minimum atomic E-state index is 0.347. The highest BCUT2D eigenvalue weighted by Crippen LogP contribution is 2.16. The van der Waals surface area contributed by atoms with Crippen LogP contribution in [0.15, 0.2) is 24.3 Å². The van der Waals surface area contributed by atoms with Crippen molar-refractivity contribution in [3.8, 4) is 5.75 Å². The summed E-state index contributed by atoms with van der Waals surface area (Å²) in [4.78, 5) is 2.59. The molecule has 0 aromatic heterocycles. The maximum atomic E-state index is 9.32. The molecule has 0 aliphatic rings. The molecule has 0 spiro atoms. The fourth-order valence-electron chi connectivity index (χ4n) is 2.62. The maximum absolute atomic E-state index is 9.32. The van der Waals surface area contributed by atoms with E-state index in [-0.39, 0.29) is 0 Å². The molecule has 1 aromatic rings. The summed E-state index contributed by atoms with van der Waals surface area (Å²) in [5.74, 6) is 0.347. The third-order valence-corrected chi connectivity index (χ3v) is 3.72. The largest absolute Gasteiger partial charge is 0.508 e. The van der Waals surface area contributed by atoms with Gasteiger partial charge in [-0.15, -0.1) is 0 Å². The SMILES string of the molecule is CCCCCN(C(C)C)C(C)Cc1ccc(O)cc1. The molecule has 1 aromatic carbocycles. The van der Waals surface area contributed by atoms with Gasteiger partial charge in [0.25, 0.3) is 0 Å². The van der Waals surface area contributed by atoms with E-state index in [0.29, 0.717) is 17.8 Å². The first kappa shape index (κ1) is 16.0. The monoisotopic (exact) mass is 263 g/mol. The van der Waals surface area contributed by atoms with Crippen molar-refractivity contribution in [2.45, 2.75) is 65.5 Å². The summed E-state index contributed by atoms with van der Waals surface area (Å²) < 4.78 is 0. The van der Waals surface area contributed by atoms with Gasteiger partial charge in [-0.05, 0) is 57.9 Å². The van der Waals surface area contributed by atoms with Crippen molar-refractivity contribution in [3.63, 3.8) is 0 Å². The second-order valence-corrected chi connectivity index (χ2v) is 5.76. The van der Waals surface area contributed by atoms with E-state index < -0.39 is 0 Å². The number of phenolic OH excluding ortho intramolecular Hbond substituents is 1. The maximum Gasteiger partial charge on any atom is 0.115 e. The summed E-state index contributed by atoms with van der Waals surface area (Å²) in [5, 5.41) is 9.32. The molecule has 0 fully saturated rings. The zero-order valence-electron chi connectivity index (χ0n) is 12.9. The Labute approximate surface area is 118 Å². The van der Waals surface area contributed by atoms with Gasteiger partial charge in [0.2, 0.25) is 0 Å². The van der Waals surface area contributed by atoms with Gasteiger partial charge in [0, 0.05) is 12.1 Å². The molecule has 2 nitrogen and oxygen atoms in total. The molecule has 1 atom stereocenters. The van der Waals surface area contributed by atoms with Gasteiger partial charge in [-0.25, -0.2) is 0 Å². The molecular weight excluding hydrogens is 234 g/mol. The van der Waals surface area contributed by atoms with E-state index in [1.54, 1.807) is 12.1 Å². The molecule has 1 rings (SSSR count). The van der Waals surface area contributed by atoms with Gasteiger partial charge in [-0.1, -0.05) is 31.9 Å². The van der Waals surface area contributed by atoms with Gasteiger partial charge in [0.15, 0.2) is 0 Å². The van der Waals surface area contributed by atoms with Crippen molar-refractivity contribution < 1.29 is 5.11 Å². The second kappa shape index (κ2) is 8.21. The Bertz CT molecular complexity index is 345. The van der Waals surface area contributed by atoms with E-state index in [2.05, 4.69) is 32.6 Å². The van der Waals surface area contributed by atoms with Crippen LogP contribution < -0.4 is 0 Å². The van der Waals surface area contributed by atoms with Gasteiger partial charge in [0.05, 0.1) is 0 Å². The number of rotatable bonds is 8. The average molecular weight is 263 g/mol. The van der Waals surface area contributed by atoms with Crippen LogP contribution in [-0.2, 0) is 6.42 Å². The van der Waals surface area contributed by atoms with Crippen LogP contribution >= 0.6 is 0 Å².